The smallest absolute Gasteiger partial charge is 0.224 e. The molecule has 2 unspecified atom stereocenters. The van der Waals surface area contributed by atoms with Crippen LogP contribution in [0.4, 0.5) is 0 Å². The van der Waals surface area contributed by atoms with Crippen LogP contribution in [-0.4, -0.2) is 33.8 Å². The predicted octanol–water partition coefficient (Wildman–Crippen LogP) is 3.51. The van der Waals surface area contributed by atoms with Crippen LogP contribution in [0.3, 0.4) is 0 Å². The zero-order chi connectivity index (χ0) is 18.3. The summed E-state index contributed by atoms with van der Waals surface area (Å²) in [6.45, 7) is 3.98. The summed E-state index contributed by atoms with van der Waals surface area (Å²) in [5, 5.41) is 12.2. The lowest BCUT2D eigenvalue weighted by Crippen LogP contribution is -2.48. The lowest BCUT2D eigenvalue weighted by atomic mass is 9.99. The van der Waals surface area contributed by atoms with Crippen LogP contribution in [0.15, 0.2) is 24.3 Å². The molecule has 2 fully saturated rings. The number of benzene rings is 1. The molecule has 0 aliphatic carbocycles. The molecule has 2 aliphatic heterocycles. The quantitative estimate of drug-likeness (QED) is 0.813. The minimum Gasteiger partial charge on any atom is -0.353 e. The molecule has 2 N–H and O–H groups in total. The van der Waals surface area contributed by atoms with Gasteiger partial charge in [0.1, 0.15) is 0 Å². The largest absolute Gasteiger partial charge is 0.353 e. The van der Waals surface area contributed by atoms with Gasteiger partial charge in [-0.1, -0.05) is 11.6 Å². The average Bonchev–Trinajstić information content (AvgIpc) is 3.09. The van der Waals surface area contributed by atoms with Crippen molar-refractivity contribution in [1.82, 2.24) is 20.4 Å². The van der Waals surface area contributed by atoms with Crippen molar-refractivity contribution in [1.29, 1.82) is 0 Å². The van der Waals surface area contributed by atoms with Crippen LogP contribution in [0.5, 0.6) is 0 Å². The second-order valence-electron chi connectivity index (χ2n) is 7.59. The van der Waals surface area contributed by atoms with Crippen molar-refractivity contribution in [2.75, 3.05) is 0 Å². The van der Waals surface area contributed by atoms with E-state index in [4.69, 9.17) is 11.6 Å². The van der Waals surface area contributed by atoms with Gasteiger partial charge < -0.3 is 10.6 Å². The third-order valence-electron chi connectivity index (χ3n) is 5.69. The highest BCUT2D eigenvalue weighted by molar-refractivity contribution is 6.30. The molecule has 2 bridgehead atoms. The van der Waals surface area contributed by atoms with Crippen LogP contribution in [0.2, 0.25) is 5.02 Å². The summed E-state index contributed by atoms with van der Waals surface area (Å²) >= 11 is 5.97. The van der Waals surface area contributed by atoms with Crippen LogP contribution in [0, 0.1) is 13.8 Å². The Labute approximate surface area is 171 Å². The van der Waals surface area contributed by atoms with Gasteiger partial charge in [-0.05, 0) is 63.8 Å². The van der Waals surface area contributed by atoms with Gasteiger partial charge in [0.2, 0.25) is 5.91 Å². The molecule has 0 saturated carbocycles. The fraction of sp³-hybridized carbons (Fsp3) is 0.500. The van der Waals surface area contributed by atoms with Crippen LogP contribution >= 0.6 is 24.0 Å². The number of aromatic nitrogens is 2. The van der Waals surface area contributed by atoms with Gasteiger partial charge in [-0.2, -0.15) is 5.10 Å². The summed E-state index contributed by atoms with van der Waals surface area (Å²) in [7, 11) is 0. The number of fused-ring (bicyclic) bond motifs is 2. The lowest BCUT2D eigenvalue weighted by Gasteiger charge is -2.29. The molecule has 5 nitrogen and oxygen atoms in total. The fourth-order valence-electron chi connectivity index (χ4n) is 4.38. The molecule has 0 spiro atoms. The summed E-state index contributed by atoms with van der Waals surface area (Å²) in [4.78, 5) is 12.6. The Morgan fingerprint density at radius 1 is 1.22 bits per heavy atom. The van der Waals surface area contributed by atoms with E-state index < -0.39 is 0 Å². The van der Waals surface area contributed by atoms with E-state index in [1.54, 1.807) is 0 Å². The summed E-state index contributed by atoms with van der Waals surface area (Å²) in [6, 6.07) is 9.04. The fourth-order valence-corrected chi connectivity index (χ4v) is 4.50. The molecule has 4 rings (SSSR count). The topological polar surface area (TPSA) is 59.0 Å². The van der Waals surface area contributed by atoms with E-state index in [2.05, 4.69) is 15.7 Å². The number of amides is 1. The van der Waals surface area contributed by atoms with Gasteiger partial charge in [0.05, 0.1) is 17.8 Å². The van der Waals surface area contributed by atoms with E-state index in [9.17, 15) is 4.79 Å². The van der Waals surface area contributed by atoms with E-state index >= 15 is 0 Å². The Hall–Kier alpha value is -1.56. The zero-order valence-corrected chi connectivity index (χ0v) is 17.2. The van der Waals surface area contributed by atoms with Crippen LogP contribution < -0.4 is 10.6 Å². The molecular weight excluding hydrogens is 383 g/mol. The van der Waals surface area contributed by atoms with Crippen molar-refractivity contribution >= 4 is 29.9 Å². The Morgan fingerprint density at radius 2 is 1.85 bits per heavy atom. The van der Waals surface area contributed by atoms with E-state index in [0.717, 1.165) is 35.5 Å². The van der Waals surface area contributed by atoms with Gasteiger partial charge in [-0.3, -0.25) is 4.79 Å². The van der Waals surface area contributed by atoms with Crippen molar-refractivity contribution in [2.24, 2.45) is 0 Å². The predicted molar refractivity (Wildman–Crippen MR) is 110 cm³/mol. The van der Waals surface area contributed by atoms with Gasteiger partial charge in [0, 0.05) is 34.4 Å². The van der Waals surface area contributed by atoms with E-state index in [1.807, 2.05) is 42.8 Å². The van der Waals surface area contributed by atoms with E-state index in [1.165, 1.54) is 12.8 Å². The summed E-state index contributed by atoms with van der Waals surface area (Å²) in [5.41, 5.74) is 3.87. The number of hydrogen-bond acceptors (Lipinski definition) is 3. The van der Waals surface area contributed by atoms with Gasteiger partial charge in [0.15, 0.2) is 0 Å². The molecule has 2 saturated heterocycles. The van der Waals surface area contributed by atoms with Gasteiger partial charge in [-0.25, -0.2) is 4.68 Å². The second kappa shape index (κ2) is 8.21. The minimum atomic E-state index is 0. The second-order valence-corrected chi connectivity index (χ2v) is 8.02. The zero-order valence-electron chi connectivity index (χ0n) is 15.7. The first-order valence-electron chi connectivity index (χ1n) is 9.36. The molecule has 1 aromatic carbocycles. The number of nitrogens with one attached hydrogen (secondary N) is 2. The van der Waals surface area contributed by atoms with Crippen molar-refractivity contribution in [3.63, 3.8) is 0 Å². The summed E-state index contributed by atoms with van der Waals surface area (Å²) in [5.74, 6) is 0.0955. The van der Waals surface area contributed by atoms with Crippen molar-refractivity contribution in [2.45, 2.75) is 64.1 Å². The highest BCUT2D eigenvalue weighted by Gasteiger charge is 2.34. The van der Waals surface area contributed by atoms with Crippen molar-refractivity contribution in [3.05, 3.63) is 46.2 Å². The third kappa shape index (κ3) is 4.31. The van der Waals surface area contributed by atoms with E-state index in [0.29, 0.717) is 29.6 Å². The first-order chi connectivity index (χ1) is 12.5. The first-order valence-corrected chi connectivity index (χ1v) is 9.74. The molecule has 3 heterocycles. The molecule has 2 atom stereocenters. The average molecular weight is 409 g/mol. The van der Waals surface area contributed by atoms with Crippen LogP contribution in [-0.2, 0) is 11.2 Å². The minimum absolute atomic E-state index is 0. The normalized spacial score (nSPS) is 23.7. The number of carbonyl (C=O) groups excluding carboxylic acids is 1. The monoisotopic (exact) mass is 408 g/mol. The molecule has 1 aromatic heterocycles. The van der Waals surface area contributed by atoms with Gasteiger partial charge >= 0.3 is 0 Å². The van der Waals surface area contributed by atoms with Gasteiger partial charge in [-0.15, -0.1) is 12.4 Å². The molecule has 1 amide bonds. The first kappa shape index (κ1) is 20.2. The third-order valence-corrected chi connectivity index (χ3v) is 5.94. The standard InChI is InChI=1S/C20H25ClN4O.ClH/c1-12-19(13(2)25(24-12)18-7-3-14(21)4-8-18)11-20(26)23-17-9-15-5-6-16(10-17)22-15;/h3-4,7-8,15-17,22H,5-6,9-11H2,1-2H3,(H,23,26);1H. The molecule has 2 aromatic rings. The Kier molecular flexibility index (Phi) is 6.14. The SMILES string of the molecule is Cc1nn(-c2ccc(Cl)cc2)c(C)c1CC(=O)NC1CC2CCC(C1)N2.Cl. The number of aryl methyl sites for hydroxylation is 1. The highest BCUT2D eigenvalue weighted by Crippen LogP contribution is 2.27. The summed E-state index contributed by atoms with van der Waals surface area (Å²) in [6.07, 6.45) is 4.95. The summed E-state index contributed by atoms with van der Waals surface area (Å²) < 4.78 is 1.89. The molecule has 2 aliphatic rings. The molecule has 0 radical (unpaired) electrons. The van der Waals surface area contributed by atoms with Gasteiger partial charge in [0.25, 0.3) is 0 Å². The maximum absolute atomic E-state index is 12.6. The number of halogens is 2. The van der Waals surface area contributed by atoms with Crippen LogP contribution in [0.1, 0.15) is 42.6 Å². The maximum atomic E-state index is 12.6. The van der Waals surface area contributed by atoms with Crippen molar-refractivity contribution < 1.29 is 4.79 Å². The van der Waals surface area contributed by atoms with Crippen molar-refractivity contribution in [3.8, 4) is 5.69 Å². The number of hydrogen-bond donors (Lipinski definition) is 2. The Balaban J connectivity index is 0.00000210. The molecular formula is C20H26Cl2N4O. The molecule has 7 heteroatoms. The maximum Gasteiger partial charge on any atom is 0.224 e. The highest BCUT2D eigenvalue weighted by atomic mass is 35.5. The molecule has 146 valence electrons. The number of piperidine rings is 1. The number of rotatable bonds is 4. The Bertz CT molecular complexity index is 806. The number of carbonyl (C=O) groups is 1. The Morgan fingerprint density at radius 3 is 2.48 bits per heavy atom. The van der Waals surface area contributed by atoms with E-state index in [-0.39, 0.29) is 18.3 Å². The molecule has 27 heavy (non-hydrogen) atoms. The van der Waals surface area contributed by atoms with Crippen LogP contribution in [0.25, 0.3) is 5.69 Å². The number of nitrogens with zero attached hydrogens (tertiary/aromatic N) is 2. The lowest BCUT2D eigenvalue weighted by molar-refractivity contribution is -0.121.